The number of nitrogens with zero attached hydrogens (tertiary/aromatic N) is 3. The molecule has 1 N–H and O–H groups in total. The first kappa shape index (κ1) is 22.5. The molecule has 11 heteroatoms. The molecule has 1 amide bonds. The van der Waals surface area contributed by atoms with Crippen LogP contribution in [0.3, 0.4) is 0 Å². The number of methoxy groups -OCH3 is 2. The van der Waals surface area contributed by atoms with Gasteiger partial charge in [0.05, 0.1) is 25.7 Å². The Morgan fingerprint density at radius 3 is 2.52 bits per heavy atom. The topological polar surface area (TPSA) is 78.3 Å². The minimum absolute atomic E-state index is 0.00925. The van der Waals surface area contributed by atoms with Gasteiger partial charge in [-0.15, -0.1) is 16.9 Å². The van der Waals surface area contributed by atoms with E-state index in [2.05, 4.69) is 15.6 Å². The average molecular weight is 452 g/mol. The van der Waals surface area contributed by atoms with Crippen LogP contribution in [0.2, 0.25) is 0 Å². The lowest BCUT2D eigenvalue weighted by atomic mass is 10.1. The van der Waals surface area contributed by atoms with Crippen molar-refractivity contribution in [3.63, 3.8) is 0 Å². The summed E-state index contributed by atoms with van der Waals surface area (Å²) in [7, 11) is 2.98. The number of nitrogens with one attached hydrogen (secondary N) is 1. The zero-order chi connectivity index (χ0) is 22.6. The number of carbonyl (C=O) groups is 1. The molecule has 3 aromatic rings. The molecular weight excluding hydrogens is 433 g/mol. The predicted molar refractivity (Wildman–Crippen MR) is 111 cm³/mol. The van der Waals surface area contributed by atoms with Crippen LogP contribution < -0.4 is 14.8 Å². The Morgan fingerprint density at radius 1 is 1.13 bits per heavy atom. The largest absolute Gasteiger partial charge is 0.493 e. The van der Waals surface area contributed by atoms with Gasteiger partial charge in [-0.2, -0.15) is 13.2 Å². The fourth-order valence-corrected chi connectivity index (χ4v) is 3.32. The molecule has 164 valence electrons. The number of halogens is 3. The highest BCUT2D eigenvalue weighted by molar-refractivity contribution is 7.97. The third-order valence-electron chi connectivity index (χ3n) is 4.31. The number of benzene rings is 2. The molecule has 0 fully saturated rings. The molecule has 0 atom stereocenters. The Bertz CT molecular complexity index is 1090. The maximum Gasteiger partial charge on any atom is 0.416 e. The van der Waals surface area contributed by atoms with Crippen LogP contribution in [0, 0.1) is 0 Å². The van der Waals surface area contributed by atoms with Crippen molar-refractivity contribution in [2.45, 2.75) is 12.1 Å². The van der Waals surface area contributed by atoms with Gasteiger partial charge in [-0.05, 0) is 42.7 Å². The van der Waals surface area contributed by atoms with Crippen molar-refractivity contribution >= 4 is 23.4 Å². The van der Waals surface area contributed by atoms with Crippen molar-refractivity contribution in [3.8, 4) is 22.8 Å². The lowest BCUT2D eigenvalue weighted by molar-refractivity contribution is -0.137. The van der Waals surface area contributed by atoms with E-state index in [1.54, 1.807) is 18.2 Å². The van der Waals surface area contributed by atoms with Crippen LogP contribution in [0.5, 0.6) is 11.5 Å². The molecular formula is C20H19F3N4O3S. The van der Waals surface area contributed by atoms with Gasteiger partial charge in [0.1, 0.15) is 5.69 Å². The Morgan fingerprint density at radius 2 is 1.87 bits per heavy atom. The van der Waals surface area contributed by atoms with Gasteiger partial charge in [0, 0.05) is 11.3 Å². The molecule has 0 aliphatic heterocycles. The summed E-state index contributed by atoms with van der Waals surface area (Å²) in [6, 6.07) is 9.41. The first-order chi connectivity index (χ1) is 14.8. The van der Waals surface area contributed by atoms with Gasteiger partial charge in [-0.3, -0.25) is 4.79 Å². The van der Waals surface area contributed by atoms with Crippen LogP contribution in [0.25, 0.3) is 11.3 Å². The van der Waals surface area contributed by atoms with Crippen molar-refractivity contribution in [1.82, 2.24) is 15.0 Å². The summed E-state index contributed by atoms with van der Waals surface area (Å²) < 4.78 is 50.9. The van der Waals surface area contributed by atoms with Gasteiger partial charge in [0.2, 0.25) is 0 Å². The van der Waals surface area contributed by atoms with Crippen molar-refractivity contribution in [1.29, 1.82) is 0 Å². The number of ether oxygens (including phenoxy) is 2. The van der Waals surface area contributed by atoms with E-state index < -0.39 is 17.6 Å². The van der Waals surface area contributed by atoms with Gasteiger partial charge < -0.3 is 14.8 Å². The first-order valence-corrected chi connectivity index (χ1v) is 10.3. The Balaban J connectivity index is 2.01. The maximum atomic E-state index is 13.0. The molecule has 0 aliphatic rings. The van der Waals surface area contributed by atoms with E-state index in [4.69, 9.17) is 9.47 Å². The third kappa shape index (κ3) is 4.93. The van der Waals surface area contributed by atoms with Crippen LogP contribution in [0.15, 0.2) is 42.5 Å². The number of anilines is 1. The number of hydrogen-bond acceptors (Lipinski definition) is 6. The Hall–Kier alpha value is -3.21. The number of thioether (sulfide) groups is 1. The Labute approximate surface area is 180 Å². The second kappa shape index (κ2) is 9.29. The minimum atomic E-state index is -4.52. The second-order valence-electron chi connectivity index (χ2n) is 6.31. The molecule has 0 spiro atoms. The van der Waals surface area contributed by atoms with E-state index in [1.165, 1.54) is 42.8 Å². The van der Waals surface area contributed by atoms with E-state index in [-0.39, 0.29) is 17.1 Å². The van der Waals surface area contributed by atoms with Crippen LogP contribution in [-0.4, -0.2) is 41.4 Å². The number of carbonyl (C=O) groups excluding carboxylic acids is 1. The normalized spacial score (nSPS) is 11.3. The summed E-state index contributed by atoms with van der Waals surface area (Å²) in [5.74, 6) is 0.621. The highest BCUT2D eigenvalue weighted by Gasteiger charge is 2.31. The zero-order valence-corrected chi connectivity index (χ0v) is 17.7. The highest BCUT2D eigenvalue weighted by atomic mass is 32.2. The number of amides is 1. The van der Waals surface area contributed by atoms with Crippen LogP contribution in [0.1, 0.15) is 16.1 Å². The molecule has 3 rings (SSSR count). The summed E-state index contributed by atoms with van der Waals surface area (Å²) in [4.78, 5) is 13.0. The molecule has 1 heterocycles. The van der Waals surface area contributed by atoms with Crippen molar-refractivity contribution in [2.24, 2.45) is 0 Å². The monoisotopic (exact) mass is 452 g/mol. The lowest BCUT2D eigenvalue weighted by Crippen LogP contribution is -2.18. The number of hydrogen-bond donors (Lipinski definition) is 1. The lowest BCUT2D eigenvalue weighted by Gasteiger charge is -2.12. The van der Waals surface area contributed by atoms with E-state index in [0.717, 1.165) is 12.1 Å². The van der Waals surface area contributed by atoms with Crippen molar-refractivity contribution in [2.75, 3.05) is 25.8 Å². The summed E-state index contributed by atoms with van der Waals surface area (Å²) in [6.45, 7) is 0. The van der Waals surface area contributed by atoms with Gasteiger partial charge >= 0.3 is 6.18 Å². The number of alkyl halides is 3. The quantitative estimate of drug-likeness (QED) is 0.567. The maximum absolute atomic E-state index is 13.0. The molecule has 0 radical (unpaired) electrons. The molecule has 0 saturated heterocycles. The van der Waals surface area contributed by atoms with Gasteiger partial charge in [-0.25, -0.2) is 4.68 Å². The fraction of sp³-hybridized carbons (Fsp3) is 0.250. The summed E-state index contributed by atoms with van der Waals surface area (Å²) in [5.41, 5.74) is 0.0637. The van der Waals surface area contributed by atoms with E-state index in [1.807, 2.05) is 6.26 Å². The molecule has 0 bridgehead atoms. The highest BCUT2D eigenvalue weighted by Crippen LogP contribution is 2.34. The smallest absolute Gasteiger partial charge is 0.416 e. The summed E-state index contributed by atoms with van der Waals surface area (Å²) in [5, 5.41) is 10.7. The van der Waals surface area contributed by atoms with Crippen molar-refractivity contribution < 1.29 is 27.4 Å². The number of rotatable bonds is 7. The molecule has 1 aromatic heterocycles. The van der Waals surface area contributed by atoms with Gasteiger partial charge in [-0.1, -0.05) is 11.3 Å². The van der Waals surface area contributed by atoms with Gasteiger partial charge in [0.15, 0.2) is 17.2 Å². The van der Waals surface area contributed by atoms with E-state index in [9.17, 15) is 18.0 Å². The number of aromatic nitrogens is 3. The molecule has 0 aliphatic carbocycles. The van der Waals surface area contributed by atoms with E-state index >= 15 is 0 Å². The zero-order valence-electron chi connectivity index (χ0n) is 16.9. The average Bonchev–Trinajstić information content (AvgIpc) is 3.17. The fourth-order valence-electron chi connectivity index (χ4n) is 2.89. The molecule has 0 saturated carbocycles. The minimum Gasteiger partial charge on any atom is -0.493 e. The predicted octanol–water partition coefficient (Wildman–Crippen LogP) is 4.55. The summed E-state index contributed by atoms with van der Waals surface area (Å²) in [6.07, 6.45) is -2.69. The van der Waals surface area contributed by atoms with Crippen molar-refractivity contribution in [3.05, 3.63) is 53.7 Å². The van der Waals surface area contributed by atoms with Crippen LogP contribution >= 0.6 is 11.8 Å². The molecule has 31 heavy (non-hydrogen) atoms. The first-order valence-electron chi connectivity index (χ1n) is 8.92. The standard InChI is InChI=1S/C20H19F3N4O3S/c1-29-15-8-7-12(9-16(15)30-2)17-18(27(11-31-3)26-25-17)19(28)24-14-6-4-5-13(10-14)20(21,22)23/h4-10H,11H2,1-3H3,(H,24,28). The van der Waals surface area contributed by atoms with Crippen LogP contribution in [0.4, 0.5) is 18.9 Å². The third-order valence-corrected chi connectivity index (χ3v) is 4.81. The molecule has 7 nitrogen and oxygen atoms in total. The second-order valence-corrected chi connectivity index (χ2v) is 7.14. The van der Waals surface area contributed by atoms with Crippen LogP contribution in [-0.2, 0) is 12.1 Å². The van der Waals surface area contributed by atoms with E-state index in [0.29, 0.717) is 22.9 Å². The van der Waals surface area contributed by atoms with Gasteiger partial charge in [0.25, 0.3) is 5.91 Å². The Kier molecular flexibility index (Phi) is 6.74. The molecule has 0 unspecified atom stereocenters. The molecule has 2 aromatic carbocycles. The SMILES string of the molecule is COc1ccc(-c2nnn(CSC)c2C(=O)Nc2cccc(C(F)(F)F)c2)cc1OC. The summed E-state index contributed by atoms with van der Waals surface area (Å²) >= 11 is 1.41.